The van der Waals surface area contributed by atoms with Crippen LogP contribution in [-0.4, -0.2) is 29.1 Å². The summed E-state index contributed by atoms with van der Waals surface area (Å²) >= 11 is 1.48. The van der Waals surface area contributed by atoms with Crippen molar-refractivity contribution in [3.05, 3.63) is 11.1 Å². The molecule has 15 heavy (non-hydrogen) atoms. The second-order valence-corrected chi connectivity index (χ2v) is 5.79. The molecule has 0 spiro atoms. The topological polar surface area (TPSA) is 53.4 Å². The van der Waals surface area contributed by atoms with E-state index in [1.807, 2.05) is 0 Å². The molecule has 0 atom stereocenters. The normalized spacial score (nSPS) is 18.7. The monoisotopic (exact) mass is 226 g/mol. The van der Waals surface area contributed by atoms with Gasteiger partial charge in [-0.2, -0.15) is 0 Å². The minimum Gasteiger partial charge on any atom is -0.481 e. The maximum Gasteiger partial charge on any atom is 0.308 e. The molecule has 1 N–H and O–H groups in total. The minimum atomic E-state index is -0.797. The van der Waals surface area contributed by atoms with Crippen LogP contribution in [0.25, 0.3) is 0 Å². The second-order valence-electron chi connectivity index (χ2n) is 4.70. The first-order valence-corrected chi connectivity index (χ1v) is 5.69. The molecular formula is C10H14N2O2S. The Morgan fingerprint density at radius 2 is 2.33 bits per heavy atom. The molecule has 0 saturated carbocycles. The zero-order valence-electron chi connectivity index (χ0n) is 8.86. The highest BCUT2D eigenvalue weighted by Crippen LogP contribution is 2.35. The highest BCUT2D eigenvalue weighted by Gasteiger charge is 2.35. The van der Waals surface area contributed by atoms with E-state index in [0.29, 0.717) is 5.41 Å². The summed E-state index contributed by atoms with van der Waals surface area (Å²) in [5.41, 5.74) is 0.374. The number of nitrogens with zero attached hydrogens (tertiary/aromatic N) is 2. The van der Waals surface area contributed by atoms with Crippen molar-refractivity contribution in [3.63, 3.8) is 0 Å². The molecule has 1 aliphatic heterocycles. The molecule has 0 unspecified atom stereocenters. The molecule has 0 amide bonds. The van der Waals surface area contributed by atoms with Gasteiger partial charge in [-0.25, -0.2) is 4.98 Å². The van der Waals surface area contributed by atoms with E-state index in [-0.39, 0.29) is 6.42 Å². The predicted octanol–water partition coefficient (Wildman–Crippen LogP) is 1.62. The van der Waals surface area contributed by atoms with Crippen LogP contribution in [0.4, 0.5) is 5.13 Å². The maximum atomic E-state index is 10.5. The minimum absolute atomic E-state index is 0.0783. The van der Waals surface area contributed by atoms with Crippen LogP contribution in [0, 0.1) is 5.41 Å². The van der Waals surface area contributed by atoms with Crippen LogP contribution in [0.3, 0.4) is 0 Å². The van der Waals surface area contributed by atoms with Crippen LogP contribution in [0.1, 0.15) is 18.7 Å². The first-order chi connectivity index (χ1) is 6.96. The Kier molecular flexibility index (Phi) is 2.42. The average molecular weight is 226 g/mol. The van der Waals surface area contributed by atoms with E-state index in [1.165, 1.54) is 11.3 Å². The van der Waals surface area contributed by atoms with Gasteiger partial charge in [0.2, 0.25) is 0 Å². The first-order valence-electron chi connectivity index (χ1n) is 4.88. The van der Waals surface area contributed by atoms with Crippen molar-refractivity contribution in [2.75, 3.05) is 18.0 Å². The molecule has 2 rings (SSSR count). The molecule has 1 aliphatic rings. The third-order valence-electron chi connectivity index (χ3n) is 2.38. The third-order valence-corrected chi connectivity index (χ3v) is 3.43. The van der Waals surface area contributed by atoms with Gasteiger partial charge in [-0.1, -0.05) is 13.8 Å². The zero-order chi connectivity index (χ0) is 11.1. The van der Waals surface area contributed by atoms with E-state index in [2.05, 4.69) is 23.7 Å². The van der Waals surface area contributed by atoms with E-state index in [0.717, 1.165) is 23.1 Å². The maximum absolute atomic E-state index is 10.5. The number of aliphatic carboxylic acids is 1. The Balaban J connectivity index is 1.99. The van der Waals surface area contributed by atoms with Gasteiger partial charge in [-0.3, -0.25) is 4.79 Å². The van der Waals surface area contributed by atoms with E-state index >= 15 is 0 Å². The highest BCUT2D eigenvalue weighted by molar-refractivity contribution is 7.15. The lowest BCUT2D eigenvalue weighted by molar-refractivity contribution is -0.136. The third kappa shape index (κ3) is 2.28. The summed E-state index contributed by atoms with van der Waals surface area (Å²) in [7, 11) is 0. The molecule has 1 aromatic rings. The highest BCUT2D eigenvalue weighted by atomic mass is 32.1. The molecule has 0 bridgehead atoms. The van der Waals surface area contributed by atoms with Gasteiger partial charge >= 0.3 is 5.97 Å². The molecule has 82 valence electrons. The van der Waals surface area contributed by atoms with Crippen LogP contribution >= 0.6 is 11.3 Å². The summed E-state index contributed by atoms with van der Waals surface area (Å²) in [6.45, 7) is 6.45. The number of thiazole rings is 1. The SMILES string of the molecule is CC1(C)CN(c2ncc(CC(=O)O)s2)C1. The molecule has 2 heterocycles. The summed E-state index contributed by atoms with van der Waals surface area (Å²) in [4.78, 5) is 17.7. The fourth-order valence-electron chi connectivity index (χ4n) is 1.80. The lowest BCUT2D eigenvalue weighted by Crippen LogP contribution is -2.53. The molecular weight excluding hydrogens is 212 g/mol. The second kappa shape index (κ2) is 3.48. The number of hydrogen-bond acceptors (Lipinski definition) is 4. The van der Waals surface area contributed by atoms with Gasteiger partial charge in [-0.15, -0.1) is 11.3 Å². The van der Waals surface area contributed by atoms with Crippen LogP contribution in [0.2, 0.25) is 0 Å². The van der Waals surface area contributed by atoms with Gasteiger partial charge in [0, 0.05) is 24.2 Å². The Morgan fingerprint density at radius 1 is 1.67 bits per heavy atom. The van der Waals surface area contributed by atoms with Crippen LogP contribution in [-0.2, 0) is 11.2 Å². The molecule has 1 saturated heterocycles. The van der Waals surface area contributed by atoms with Gasteiger partial charge < -0.3 is 10.0 Å². The van der Waals surface area contributed by atoms with Crippen LogP contribution in [0.15, 0.2) is 6.20 Å². The largest absolute Gasteiger partial charge is 0.481 e. The molecule has 0 aliphatic carbocycles. The number of carboxylic acid groups (broad SMARTS) is 1. The van der Waals surface area contributed by atoms with Crippen molar-refractivity contribution in [1.29, 1.82) is 0 Å². The molecule has 0 radical (unpaired) electrons. The Hall–Kier alpha value is -1.10. The standard InChI is InChI=1S/C10H14N2O2S/c1-10(2)5-12(6-10)9-11-4-7(15-9)3-8(13)14/h4H,3,5-6H2,1-2H3,(H,13,14). The number of hydrogen-bond donors (Lipinski definition) is 1. The van der Waals surface area contributed by atoms with Crippen molar-refractivity contribution >= 4 is 22.4 Å². The zero-order valence-corrected chi connectivity index (χ0v) is 9.67. The van der Waals surface area contributed by atoms with Crippen LogP contribution < -0.4 is 4.90 Å². The predicted molar refractivity (Wildman–Crippen MR) is 59.4 cm³/mol. The van der Waals surface area contributed by atoms with Crippen molar-refractivity contribution in [1.82, 2.24) is 4.98 Å². The van der Waals surface area contributed by atoms with Crippen molar-refractivity contribution in [2.45, 2.75) is 20.3 Å². The van der Waals surface area contributed by atoms with E-state index < -0.39 is 5.97 Å². The Labute approximate surface area is 92.6 Å². The van der Waals surface area contributed by atoms with E-state index in [9.17, 15) is 4.79 Å². The number of aromatic nitrogens is 1. The lowest BCUT2D eigenvalue weighted by Gasteiger charge is -2.45. The van der Waals surface area contributed by atoms with Gasteiger partial charge in [0.05, 0.1) is 6.42 Å². The number of rotatable bonds is 3. The van der Waals surface area contributed by atoms with Gasteiger partial charge in [0.25, 0.3) is 0 Å². The van der Waals surface area contributed by atoms with Gasteiger partial charge in [-0.05, 0) is 5.41 Å². The fraction of sp³-hybridized carbons (Fsp3) is 0.600. The molecule has 1 aromatic heterocycles. The first kappa shape index (κ1) is 10.4. The summed E-state index contributed by atoms with van der Waals surface area (Å²) < 4.78 is 0. The van der Waals surface area contributed by atoms with Crippen molar-refractivity contribution < 1.29 is 9.90 Å². The Bertz CT molecular complexity index is 379. The smallest absolute Gasteiger partial charge is 0.308 e. The summed E-state index contributed by atoms with van der Waals surface area (Å²) in [5.74, 6) is -0.797. The van der Waals surface area contributed by atoms with Crippen molar-refractivity contribution in [2.24, 2.45) is 5.41 Å². The molecule has 4 nitrogen and oxygen atoms in total. The van der Waals surface area contributed by atoms with Crippen LogP contribution in [0.5, 0.6) is 0 Å². The Morgan fingerprint density at radius 3 is 2.87 bits per heavy atom. The molecule has 0 aromatic carbocycles. The summed E-state index contributed by atoms with van der Waals surface area (Å²) in [6, 6.07) is 0. The van der Waals surface area contributed by atoms with Gasteiger partial charge in [0.15, 0.2) is 5.13 Å². The van der Waals surface area contributed by atoms with E-state index in [4.69, 9.17) is 5.11 Å². The number of carboxylic acids is 1. The fourth-order valence-corrected chi connectivity index (χ4v) is 2.70. The van der Waals surface area contributed by atoms with Gasteiger partial charge in [0.1, 0.15) is 0 Å². The summed E-state index contributed by atoms with van der Waals surface area (Å²) in [5, 5.41) is 9.58. The molecule has 1 fully saturated rings. The number of anilines is 1. The summed E-state index contributed by atoms with van der Waals surface area (Å²) in [6.07, 6.45) is 1.74. The van der Waals surface area contributed by atoms with E-state index in [1.54, 1.807) is 6.20 Å². The van der Waals surface area contributed by atoms with Crippen molar-refractivity contribution in [3.8, 4) is 0 Å². The molecule has 5 heteroatoms. The average Bonchev–Trinajstić information content (AvgIpc) is 2.47. The number of carbonyl (C=O) groups is 1. The lowest BCUT2D eigenvalue weighted by atomic mass is 9.85. The quantitative estimate of drug-likeness (QED) is 0.851.